The molecule has 3 aromatic rings. The van der Waals surface area contributed by atoms with E-state index >= 15 is 0 Å². The molecule has 1 fully saturated rings. The van der Waals surface area contributed by atoms with E-state index in [1.54, 1.807) is 4.90 Å². The molecule has 8 heteroatoms. The highest BCUT2D eigenvalue weighted by molar-refractivity contribution is 7.98. The van der Waals surface area contributed by atoms with Gasteiger partial charge < -0.3 is 19.7 Å². The first-order chi connectivity index (χ1) is 16.8. The Kier molecular flexibility index (Phi) is 6.49. The van der Waals surface area contributed by atoms with Gasteiger partial charge in [-0.2, -0.15) is 11.8 Å². The maximum Gasteiger partial charge on any atom is 0.317 e. The smallest absolute Gasteiger partial charge is 0.317 e. The maximum atomic E-state index is 13.9. The topological polar surface area (TPSA) is 57.6 Å². The van der Waals surface area contributed by atoms with Crippen molar-refractivity contribution in [2.24, 2.45) is 0 Å². The summed E-state index contributed by atoms with van der Waals surface area (Å²) < 4.78 is 2.33. The number of aryl methyl sites for hydroxylation is 1. The predicted octanol–water partition coefficient (Wildman–Crippen LogP) is 5.27. The van der Waals surface area contributed by atoms with E-state index in [1.807, 2.05) is 66.9 Å². The van der Waals surface area contributed by atoms with Crippen LogP contribution in [0.1, 0.15) is 31.5 Å². The van der Waals surface area contributed by atoms with Crippen molar-refractivity contribution in [2.45, 2.75) is 44.8 Å². The highest BCUT2D eigenvalue weighted by atomic mass is 35.5. The first kappa shape index (κ1) is 24.1. The van der Waals surface area contributed by atoms with Crippen molar-refractivity contribution in [1.29, 1.82) is 0 Å². The summed E-state index contributed by atoms with van der Waals surface area (Å²) in [7, 11) is 0. The van der Waals surface area contributed by atoms with Crippen LogP contribution in [0.4, 0.5) is 10.5 Å². The van der Waals surface area contributed by atoms with Gasteiger partial charge in [0.05, 0.1) is 6.54 Å². The van der Waals surface area contributed by atoms with Gasteiger partial charge in [0.2, 0.25) is 5.91 Å². The van der Waals surface area contributed by atoms with Gasteiger partial charge in [0, 0.05) is 53.0 Å². The van der Waals surface area contributed by atoms with Crippen LogP contribution in [-0.4, -0.2) is 52.5 Å². The molecule has 35 heavy (non-hydrogen) atoms. The SMILES string of the molecule is CSCCCn1c(CN2C(=O)C3(CN(C(=O)NC(C)C)C3)c3ccccc32)cc2cc(Cl)ccc21. The third kappa shape index (κ3) is 4.19. The molecule has 1 N–H and O–H groups in total. The van der Waals surface area contributed by atoms with E-state index in [4.69, 9.17) is 11.6 Å². The third-order valence-corrected chi connectivity index (χ3v) is 7.92. The maximum absolute atomic E-state index is 13.9. The largest absolute Gasteiger partial charge is 0.343 e. The van der Waals surface area contributed by atoms with Crippen molar-refractivity contribution in [3.63, 3.8) is 0 Å². The molecule has 5 rings (SSSR count). The minimum atomic E-state index is -0.663. The van der Waals surface area contributed by atoms with Crippen molar-refractivity contribution in [3.05, 3.63) is 64.8 Å². The molecule has 0 atom stereocenters. The third-order valence-electron chi connectivity index (χ3n) is 6.99. The minimum Gasteiger partial charge on any atom is -0.343 e. The van der Waals surface area contributed by atoms with Gasteiger partial charge in [0.1, 0.15) is 5.41 Å². The molecule has 3 heterocycles. The van der Waals surface area contributed by atoms with Crippen LogP contribution in [0.25, 0.3) is 10.9 Å². The number of fused-ring (bicyclic) bond motifs is 3. The molecule has 2 aliphatic heterocycles. The zero-order chi connectivity index (χ0) is 24.7. The van der Waals surface area contributed by atoms with E-state index in [2.05, 4.69) is 28.3 Å². The van der Waals surface area contributed by atoms with E-state index in [0.717, 1.165) is 46.6 Å². The molecule has 0 unspecified atom stereocenters. The van der Waals surface area contributed by atoms with Crippen LogP contribution >= 0.6 is 23.4 Å². The molecule has 3 amide bonds. The number of benzene rings is 2. The number of hydrogen-bond donors (Lipinski definition) is 1. The molecule has 6 nitrogen and oxygen atoms in total. The van der Waals surface area contributed by atoms with Crippen LogP contribution in [0.5, 0.6) is 0 Å². The standard InChI is InChI=1S/C27H31ClN4O2S/c1-18(2)29-26(34)30-16-27(17-30)22-7-4-5-8-24(22)32(25(27)33)15-21-14-19-13-20(28)9-10-23(19)31(21)11-6-12-35-3/h4-5,7-10,13-14,18H,6,11-12,15-17H2,1-3H3,(H,29,34). The van der Waals surface area contributed by atoms with Crippen molar-refractivity contribution >= 4 is 51.9 Å². The van der Waals surface area contributed by atoms with E-state index in [1.165, 1.54) is 0 Å². The number of carbonyl (C=O) groups is 2. The Balaban J connectivity index is 1.46. The normalized spacial score (nSPS) is 16.3. The number of hydrogen-bond acceptors (Lipinski definition) is 3. The Labute approximate surface area is 215 Å². The summed E-state index contributed by atoms with van der Waals surface area (Å²) in [6.07, 6.45) is 3.17. The number of likely N-dealkylation sites (tertiary alicyclic amines) is 1. The summed E-state index contributed by atoms with van der Waals surface area (Å²) in [5.41, 5.74) is 3.54. The van der Waals surface area contributed by atoms with E-state index in [-0.39, 0.29) is 18.0 Å². The number of para-hydroxylation sites is 1. The Morgan fingerprint density at radius 1 is 1.17 bits per heavy atom. The minimum absolute atomic E-state index is 0.0589. The molecule has 1 aromatic heterocycles. The van der Waals surface area contributed by atoms with Gasteiger partial charge in [0.25, 0.3) is 0 Å². The summed E-state index contributed by atoms with van der Waals surface area (Å²) in [4.78, 5) is 30.1. The lowest BCUT2D eigenvalue weighted by Crippen LogP contribution is -2.67. The number of thioether (sulfide) groups is 1. The molecule has 0 aliphatic carbocycles. The fraction of sp³-hybridized carbons (Fsp3) is 0.407. The number of aromatic nitrogens is 1. The van der Waals surface area contributed by atoms with E-state index in [0.29, 0.717) is 24.7 Å². The summed E-state index contributed by atoms with van der Waals surface area (Å²) in [6, 6.07) is 16.1. The second kappa shape index (κ2) is 9.43. The molecule has 184 valence electrons. The van der Waals surface area contributed by atoms with Crippen LogP contribution in [-0.2, 0) is 23.3 Å². The van der Waals surface area contributed by atoms with Crippen molar-refractivity contribution in [1.82, 2.24) is 14.8 Å². The first-order valence-electron chi connectivity index (χ1n) is 12.1. The monoisotopic (exact) mass is 510 g/mol. The van der Waals surface area contributed by atoms with Gasteiger partial charge in [-0.05, 0) is 68.2 Å². The average Bonchev–Trinajstić information content (AvgIpc) is 3.24. The number of nitrogens with zero attached hydrogens (tertiary/aromatic N) is 3. The number of rotatable bonds is 7. The van der Waals surface area contributed by atoms with Crippen LogP contribution < -0.4 is 10.2 Å². The lowest BCUT2D eigenvalue weighted by Gasteiger charge is -2.46. The summed E-state index contributed by atoms with van der Waals surface area (Å²) in [5.74, 6) is 1.15. The predicted molar refractivity (Wildman–Crippen MR) is 144 cm³/mol. The zero-order valence-electron chi connectivity index (χ0n) is 20.4. The molecular formula is C27H31ClN4O2S. The van der Waals surface area contributed by atoms with Crippen LogP contribution in [0, 0.1) is 0 Å². The van der Waals surface area contributed by atoms with Gasteiger partial charge in [-0.1, -0.05) is 29.8 Å². The Morgan fingerprint density at radius 2 is 1.94 bits per heavy atom. The van der Waals surface area contributed by atoms with Crippen molar-refractivity contribution in [2.75, 3.05) is 30.0 Å². The molecule has 0 saturated carbocycles. The summed E-state index contributed by atoms with van der Waals surface area (Å²) >= 11 is 8.13. The number of halogens is 1. The fourth-order valence-corrected chi connectivity index (χ4v) is 5.97. The van der Waals surface area contributed by atoms with Crippen LogP contribution in [0.15, 0.2) is 48.5 Å². The number of nitrogens with one attached hydrogen (secondary N) is 1. The second-order valence-electron chi connectivity index (χ2n) is 9.79. The quantitative estimate of drug-likeness (QED) is 0.441. The molecule has 2 aliphatic rings. The Hall–Kier alpha value is -2.64. The molecule has 0 bridgehead atoms. The lowest BCUT2D eigenvalue weighted by atomic mass is 9.75. The number of carbonyl (C=O) groups excluding carboxylic acids is 2. The Morgan fingerprint density at radius 3 is 2.69 bits per heavy atom. The highest BCUT2D eigenvalue weighted by Crippen LogP contribution is 2.48. The number of amides is 3. The van der Waals surface area contributed by atoms with Gasteiger partial charge in [-0.3, -0.25) is 4.79 Å². The molecule has 1 spiro atoms. The molecule has 0 radical (unpaired) electrons. The summed E-state index contributed by atoms with van der Waals surface area (Å²) in [6.45, 7) is 6.07. The van der Waals surface area contributed by atoms with Crippen molar-refractivity contribution in [3.8, 4) is 0 Å². The van der Waals surface area contributed by atoms with E-state index < -0.39 is 5.41 Å². The second-order valence-corrected chi connectivity index (χ2v) is 11.2. The fourth-order valence-electron chi connectivity index (χ4n) is 5.37. The highest BCUT2D eigenvalue weighted by Gasteiger charge is 2.59. The van der Waals surface area contributed by atoms with E-state index in [9.17, 15) is 9.59 Å². The molecule has 1 saturated heterocycles. The van der Waals surface area contributed by atoms with Gasteiger partial charge >= 0.3 is 6.03 Å². The first-order valence-corrected chi connectivity index (χ1v) is 13.8. The zero-order valence-corrected chi connectivity index (χ0v) is 22.0. The molecular weight excluding hydrogens is 480 g/mol. The Bertz CT molecular complexity index is 1280. The lowest BCUT2D eigenvalue weighted by molar-refractivity contribution is -0.127. The number of anilines is 1. The van der Waals surface area contributed by atoms with Gasteiger partial charge in [-0.25, -0.2) is 4.79 Å². The number of urea groups is 1. The average molecular weight is 511 g/mol. The van der Waals surface area contributed by atoms with Crippen LogP contribution in [0.3, 0.4) is 0 Å². The summed E-state index contributed by atoms with van der Waals surface area (Å²) in [5, 5.41) is 4.74. The van der Waals surface area contributed by atoms with Crippen LogP contribution in [0.2, 0.25) is 5.02 Å². The van der Waals surface area contributed by atoms with Crippen molar-refractivity contribution < 1.29 is 9.59 Å². The van der Waals surface area contributed by atoms with Gasteiger partial charge in [0.15, 0.2) is 0 Å². The molecule has 2 aromatic carbocycles. The van der Waals surface area contributed by atoms with Gasteiger partial charge in [-0.15, -0.1) is 0 Å².